The van der Waals surface area contributed by atoms with Gasteiger partial charge in [0.05, 0.1) is 16.9 Å². The molecule has 0 saturated heterocycles. The van der Waals surface area contributed by atoms with E-state index >= 15 is 0 Å². The summed E-state index contributed by atoms with van der Waals surface area (Å²) in [5.74, 6) is -0.406. The van der Waals surface area contributed by atoms with Crippen molar-refractivity contribution in [1.29, 1.82) is 0 Å². The van der Waals surface area contributed by atoms with Crippen LogP contribution in [0.25, 0.3) is 0 Å². The van der Waals surface area contributed by atoms with Crippen molar-refractivity contribution in [1.82, 2.24) is 9.97 Å². The van der Waals surface area contributed by atoms with Crippen LogP contribution in [0.2, 0.25) is 0 Å². The van der Waals surface area contributed by atoms with Crippen molar-refractivity contribution in [2.75, 3.05) is 17.7 Å². The molecule has 2 rings (SSSR count). The first-order chi connectivity index (χ1) is 9.51. The molecule has 0 atom stereocenters. The van der Waals surface area contributed by atoms with Crippen LogP contribution < -0.4 is 10.6 Å². The van der Waals surface area contributed by atoms with Gasteiger partial charge in [-0.05, 0) is 40.5 Å². The Hall–Kier alpha value is -2.02. The van der Waals surface area contributed by atoms with Gasteiger partial charge < -0.3 is 10.6 Å². The summed E-state index contributed by atoms with van der Waals surface area (Å²) >= 11 is 3.09. The quantitative estimate of drug-likeness (QED) is 0.902. The monoisotopic (exact) mass is 338 g/mol. The van der Waals surface area contributed by atoms with E-state index in [9.17, 15) is 9.18 Å². The number of anilines is 2. The number of rotatable bonds is 3. The molecule has 104 valence electrons. The van der Waals surface area contributed by atoms with Gasteiger partial charge in [0.2, 0.25) is 0 Å². The number of carbonyl (C=O) groups is 1. The van der Waals surface area contributed by atoms with Crippen molar-refractivity contribution in [2.45, 2.75) is 6.92 Å². The molecule has 0 spiro atoms. The van der Waals surface area contributed by atoms with Crippen LogP contribution in [0.5, 0.6) is 0 Å². The van der Waals surface area contributed by atoms with Gasteiger partial charge in [0.25, 0.3) is 5.91 Å². The van der Waals surface area contributed by atoms with E-state index in [0.717, 1.165) is 5.56 Å². The smallest absolute Gasteiger partial charge is 0.275 e. The van der Waals surface area contributed by atoms with Gasteiger partial charge in [-0.3, -0.25) is 9.78 Å². The number of nitrogens with zero attached hydrogens (tertiary/aromatic N) is 2. The van der Waals surface area contributed by atoms with E-state index in [4.69, 9.17) is 0 Å². The number of amides is 1. The minimum absolute atomic E-state index is 0.152. The fraction of sp³-hybridized carbons (Fsp3) is 0.154. The van der Waals surface area contributed by atoms with Crippen LogP contribution in [-0.4, -0.2) is 22.9 Å². The van der Waals surface area contributed by atoms with Gasteiger partial charge in [-0.15, -0.1) is 0 Å². The number of halogens is 2. The molecule has 0 aliphatic carbocycles. The van der Waals surface area contributed by atoms with Gasteiger partial charge in [0.15, 0.2) is 0 Å². The zero-order valence-electron chi connectivity index (χ0n) is 10.9. The van der Waals surface area contributed by atoms with Crippen LogP contribution in [0.15, 0.2) is 29.0 Å². The Morgan fingerprint density at radius 1 is 1.35 bits per heavy atom. The van der Waals surface area contributed by atoms with Crippen LogP contribution in [0.1, 0.15) is 16.1 Å². The standard InChI is InChI=1S/C13H12BrFN4O/c1-7-3-8(14)9(15)4-10(7)19-13(20)11-5-17-6-12(16-2)18-11/h3-6H,1-2H3,(H,16,18)(H,19,20). The van der Waals surface area contributed by atoms with Crippen molar-refractivity contribution in [2.24, 2.45) is 0 Å². The highest BCUT2D eigenvalue weighted by molar-refractivity contribution is 9.10. The molecular formula is C13H12BrFN4O. The minimum atomic E-state index is -0.445. The van der Waals surface area contributed by atoms with E-state index in [1.165, 1.54) is 18.5 Å². The summed E-state index contributed by atoms with van der Waals surface area (Å²) in [6, 6.07) is 2.85. The summed E-state index contributed by atoms with van der Waals surface area (Å²) in [7, 11) is 1.68. The fourth-order valence-electron chi connectivity index (χ4n) is 1.56. The Bertz CT molecular complexity index is 663. The number of aryl methyl sites for hydroxylation is 1. The molecule has 2 aromatic rings. The third kappa shape index (κ3) is 3.11. The van der Waals surface area contributed by atoms with E-state index in [1.54, 1.807) is 20.0 Å². The predicted octanol–water partition coefficient (Wildman–Crippen LogP) is 2.98. The van der Waals surface area contributed by atoms with Gasteiger partial charge >= 0.3 is 0 Å². The van der Waals surface area contributed by atoms with Gasteiger partial charge in [0, 0.05) is 12.7 Å². The van der Waals surface area contributed by atoms with E-state index in [0.29, 0.717) is 16.0 Å². The first kappa shape index (κ1) is 14.4. The Morgan fingerprint density at radius 3 is 2.80 bits per heavy atom. The second kappa shape index (κ2) is 5.96. The number of carbonyl (C=O) groups excluding carboxylic acids is 1. The summed E-state index contributed by atoms with van der Waals surface area (Å²) < 4.78 is 13.8. The molecule has 1 amide bonds. The molecule has 1 heterocycles. The third-order valence-electron chi connectivity index (χ3n) is 2.64. The topological polar surface area (TPSA) is 66.9 Å². The molecule has 0 unspecified atom stereocenters. The number of hydrogen-bond acceptors (Lipinski definition) is 4. The highest BCUT2D eigenvalue weighted by Gasteiger charge is 2.12. The maximum atomic E-state index is 13.5. The number of nitrogens with one attached hydrogen (secondary N) is 2. The van der Waals surface area contributed by atoms with E-state index in [1.807, 2.05) is 0 Å². The molecule has 1 aromatic heterocycles. The van der Waals surface area contributed by atoms with Crippen LogP contribution >= 0.6 is 15.9 Å². The first-order valence-corrected chi connectivity index (χ1v) is 6.57. The summed E-state index contributed by atoms with van der Waals surface area (Å²) in [6.45, 7) is 1.77. The van der Waals surface area contributed by atoms with E-state index < -0.39 is 11.7 Å². The van der Waals surface area contributed by atoms with Crippen LogP contribution in [0.3, 0.4) is 0 Å². The summed E-state index contributed by atoms with van der Waals surface area (Å²) in [5.41, 5.74) is 1.29. The summed E-state index contributed by atoms with van der Waals surface area (Å²) in [5, 5.41) is 5.41. The van der Waals surface area contributed by atoms with Crippen molar-refractivity contribution in [3.63, 3.8) is 0 Å². The molecule has 2 N–H and O–H groups in total. The maximum Gasteiger partial charge on any atom is 0.275 e. The zero-order valence-corrected chi connectivity index (χ0v) is 12.5. The molecule has 20 heavy (non-hydrogen) atoms. The normalized spacial score (nSPS) is 10.2. The minimum Gasteiger partial charge on any atom is -0.372 e. The molecule has 0 bridgehead atoms. The molecule has 0 aliphatic heterocycles. The second-order valence-electron chi connectivity index (χ2n) is 4.07. The van der Waals surface area contributed by atoms with Gasteiger partial charge in [-0.1, -0.05) is 0 Å². The largest absolute Gasteiger partial charge is 0.372 e. The van der Waals surface area contributed by atoms with Crippen molar-refractivity contribution < 1.29 is 9.18 Å². The molecule has 0 aliphatic rings. The second-order valence-corrected chi connectivity index (χ2v) is 4.93. The number of benzene rings is 1. The van der Waals surface area contributed by atoms with Crippen molar-refractivity contribution >= 4 is 33.3 Å². The predicted molar refractivity (Wildman–Crippen MR) is 78.4 cm³/mol. The van der Waals surface area contributed by atoms with Crippen molar-refractivity contribution in [3.8, 4) is 0 Å². The lowest BCUT2D eigenvalue weighted by Gasteiger charge is -2.09. The Kier molecular flexibility index (Phi) is 4.29. The maximum absolute atomic E-state index is 13.5. The summed E-state index contributed by atoms with van der Waals surface area (Å²) in [6.07, 6.45) is 2.85. The van der Waals surface area contributed by atoms with Crippen LogP contribution in [0.4, 0.5) is 15.9 Å². The fourth-order valence-corrected chi connectivity index (χ4v) is 2.02. The van der Waals surface area contributed by atoms with Crippen LogP contribution in [0, 0.1) is 12.7 Å². The van der Waals surface area contributed by atoms with E-state index in [-0.39, 0.29) is 5.69 Å². The lowest BCUT2D eigenvalue weighted by molar-refractivity contribution is 0.102. The summed E-state index contributed by atoms with van der Waals surface area (Å²) in [4.78, 5) is 20.0. The Labute approximate surface area is 123 Å². The Balaban J connectivity index is 2.25. The molecule has 7 heteroatoms. The van der Waals surface area contributed by atoms with Gasteiger partial charge in [-0.25, -0.2) is 9.37 Å². The highest BCUT2D eigenvalue weighted by atomic mass is 79.9. The highest BCUT2D eigenvalue weighted by Crippen LogP contribution is 2.24. The molecule has 0 fully saturated rings. The third-order valence-corrected chi connectivity index (χ3v) is 3.25. The molecule has 0 saturated carbocycles. The van der Waals surface area contributed by atoms with Crippen LogP contribution in [-0.2, 0) is 0 Å². The van der Waals surface area contributed by atoms with Gasteiger partial charge in [0.1, 0.15) is 17.3 Å². The van der Waals surface area contributed by atoms with Gasteiger partial charge in [-0.2, -0.15) is 0 Å². The molecular weight excluding hydrogens is 327 g/mol. The molecule has 0 radical (unpaired) electrons. The van der Waals surface area contributed by atoms with E-state index in [2.05, 4.69) is 36.5 Å². The van der Waals surface area contributed by atoms with Crippen molar-refractivity contribution in [3.05, 3.63) is 46.1 Å². The SMILES string of the molecule is CNc1cncc(C(=O)Nc2cc(F)c(Br)cc2C)n1. The first-order valence-electron chi connectivity index (χ1n) is 5.78. The molecule has 5 nitrogen and oxygen atoms in total. The average Bonchev–Trinajstić information content (AvgIpc) is 2.44. The lowest BCUT2D eigenvalue weighted by Crippen LogP contribution is -2.15. The zero-order chi connectivity index (χ0) is 14.7. The molecule has 1 aromatic carbocycles. The Morgan fingerprint density at radius 2 is 2.10 bits per heavy atom. The average molecular weight is 339 g/mol. The number of aromatic nitrogens is 2. The number of hydrogen-bond donors (Lipinski definition) is 2. The lowest BCUT2D eigenvalue weighted by atomic mass is 10.2.